The molecule has 0 N–H and O–H groups in total. The van der Waals surface area contributed by atoms with Crippen LogP contribution in [-0.2, 0) is 6.54 Å². The minimum absolute atomic E-state index is 0.143. The highest BCUT2D eigenvalue weighted by Crippen LogP contribution is 2.31. The van der Waals surface area contributed by atoms with Crippen LogP contribution in [-0.4, -0.2) is 25.5 Å². The van der Waals surface area contributed by atoms with Crippen molar-refractivity contribution in [1.29, 1.82) is 0 Å². The van der Waals surface area contributed by atoms with E-state index in [1.165, 1.54) is 11.3 Å². The van der Waals surface area contributed by atoms with Crippen molar-refractivity contribution in [3.8, 4) is 0 Å². The maximum atomic E-state index is 13.1. The molecule has 4 aromatic rings. The van der Waals surface area contributed by atoms with E-state index in [1.807, 2.05) is 36.4 Å². The van der Waals surface area contributed by atoms with Crippen molar-refractivity contribution in [2.45, 2.75) is 13.5 Å². The van der Waals surface area contributed by atoms with Crippen LogP contribution in [0.25, 0.3) is 10.2 Å². The summed E-state index contributed by atoms with van der Waals surface area (Å²) in [5.74, 6) is -0.143. The van der Waals surface area contributed by atoms with Gasteiger partial charge in [0.2, 0.25) is 0 Å². The predicted octanol–water partition coefficient (Wildman–Crippen LogP) is 3.70. The molecule has 6 nitrogen and oxygen atoms in total. The number of hydrogen-bond acceptors (Lipinski definition) is 7. The molecule has 1 amide bonds. The molecule has 3 heterocycles. The second kappa shape index (κ2) is 6.66. The Kier molecular flexibility index (Phi) is 4.21. The maximum Gasteiger partial charge on any atom is 0.274 e. The summed E-state index contributed by atoms with van der Waals surface area (Å²) in [5, 5.41) is 4.61. The Morgan fingerprint density at radius 1 is 1.20 bits per heavy atom. The van der Waals surface area contributed by atoms with Crippen LogP contribution in [0.3, 0.4) is 0 Å². The van der Waals surface area contributed by atoms with Gasteiger partial charge in [-0.05, 0) is 42.2 Å². The van der Waals surface area contributed by atoms with Crippen LogP contribution in [0.15, 0.2) is 48.8 Å². The number of amides is 1. The molecule has 0 aliphatic heterocycles. The quantitative estimate of drug-likeness (QED) is 0.550. The molecular weight excluding hydrogens is 354 g/mol. The van der Waals surface area contributed by atoms with Gasteiger partial charge in [0, 0.05) is 12.4 Å². The SMILES string of the molecule is Cc1nnsc1C(=O)N(Cc1cccnc1)c1nc2ccccc2s1. The number of benzene rings is 1. The Morgan fingerprint density at radius 3 is 2.80 bits per heavy atom. The first kappa shape index (κ1) is 15.8. The Morgan fingerprint density at radius 2 is 2.08 bits per heavy atom. The molecule has 0 bridgehead atoms. The molecule has 0 fully saturated rings. The van der Waals surface area contributed by atoms with Gasteiger partial charge in [0.05, 0.1) is 22.5 Å². The normalized spacial score (nSPS) is 10.9. The van der Waals surface area contributed by atoms with Crippen LogP contribution >= 0.6 is 22.9 Å². The monoisotopic (exact) mass is 367 g/mol. The summed E-state index contributed by atoms with van der Waals surface area (Å²) in [7, 11) is 0. The van der Waals surface area contributed by atoms with E-state index in [0.29, 0.717) is 22.2 Å². The van der Waals surface area contributed by atoms with Crippen molar-refractivity contribution < 1.29 is 4.79 Å². The fraction of sp³-hybridized carbons (Fsp3) is 0.118. The first-order chi connectivity index (χ1) is 12.2. The molecule has 0 aliphatic rings. The van der Waals surface area contributed by atoms with Gasteiger partial charge in [0.25, 0.3) is 5.91 Å². The predicted molar refractivity (Wildman–Crippen MR) is 99.0 cm³/mol. The number of carbonyl (C=O) groups is 1. The van der Waals surface area contributed by atoms with Crippen LogP contribution in [0.2, 0.25) is 0 Å². The zero-order chi connectivity index (χ0) is 17.2. The zero-order valence-electron chi connectivity index (χ0n) is 13.3. The topological polar surface area (TPSA) is 71.9 Å². The van der Waals surface area contributed by atoms with E-state index in [4.69, 9.17) is 0 Å². The standard InChI is InChI=1S/C17H13N5OS2/c1-11-15(25-21-20-11)16(23)22(10-12-5-4-8-18-9-12)17-19-13-6-2-3-7-14(13)24-17/h2-9H,10H2,1H3. The van der Waals surface area contributed by atoms with Crippen molar-refractivity contribution in [2.75, 3.05) is 4.90 Å². The number of carbonyl (C=O) groups excluding carboxylic acids is 1. The first-order valence-corrected chi connectivity index (χ1v) is 9.16. The van der Waals surface area contributed by atoms with Gasteiger partial charge in [0.15, 0.2) is 5.13 Å². The summed E-state index contributed by atoms with van der Waals surface area (Å²) in [6, 6.07) is 11.7. The van der Waals surface area contributed by atoms with Crippen molar-refractivity contribution in [3.05, 3.63) is 64.9 Å². The lowest BCUT2D eigenvalue weighted by Gasteiger charge is -2.19. The molecule has 8 heteroatoms. The fourth-order valence-corrected chi connectivity index (χ4v) is 4.00. The van der Waals surface area contributed by atoms with Gasteiger partial charge in [-0.15, -0.1) is 5.10 Å². The Bertz CT molecular complexity index is 995. The number of pyridine rings is 1. The summed E-state index contributed by atoms with van der Waals surface area (Å²) >= 11 is 2.60. The second-order valence-electron chi connectivity index (χ2n) is 5.40. The summed E-state index contributed by atoms with van der Waals surface area (Å²) in [6.45, 7) is 2.18. The highest BCUT2D eigenvalue weighted by Gasteiger charge is 2.25. The van der Waals surface area contributed by atoms with Crippen LogP contribution in [0.4, 0.5) is 5.13 Å². The van der Waals surface area contributed by atoms with Crippen molar-refractivity contribution in [2.24, 2.45) is 0 Å². The van der Waals surface area contributed by atoms with Gasteiger partial charge in [-0.1, -0.05) is 34.0 Å². The third-order valence-electron chi connectivity index (χ3n) is 3.67. The third kappa shape index (κ3) is 3.13. The molecule has 0 unspecified atom stereocenters. The molecular formula is C17H13N5OS2. The Labute approximate surface area is 152 Å². The van der Waals surface area contributed by atoms with Gasteiger partial charge < -0.3 is 0 Å². The number of thiazole rings is 1. The van der Waals surface area contributed by atoms with E-state index >= 15 is 0 Å². The molecule has 4 rings (SSSR count). The molecule has 0 saturated heterocycles. The zero-order valence-corrected chi connectivity index (χ0v) is 14.9. The number of aryl methyl sites for hydroxylation is 1. The average molecular weight is 367 g/mol. The minimum Gasteiger partial charge on any atom is -0.279 e. The summed E-state index contributed by atoms with van der Waals surface area (Å²) in [4.78, 5) is 24.1. The Balaban J connectivity index is 1.77. The minimum atomic E-state index is -0.143. The lowest BCUT2D eigenvalue weighted by Crippen LogP contribution is -2.30. The number of fused-ring (bicyclic) bond motifs is 1. The highest BCUT2D eigenvalue weighted by molar-refractivity contribution is 7.22. The van der Waals surface area contributed by atoms with Crippen LogP contribution in [0.5, 0.6) is 0 Å². The molecule has 25 heavy (non-hydrogen) atoms. The lowest BCUT2D eigenvalue weighted by molar-refractivity contribution is 0.0988. The van der Waals surface area contributed by atoms with Gasteiger partial charge in [-0.3, -0.25) is 14.7 Å². The van der Waals surface area contributed by atoms with Gasteiger partial charge in [-0.25, -0.2) is 4.98 Å². The van der Waals surface area contributed by atoms with Crippen molar-refractivity contribution >= 4 is 44.1 Å². The lowest BCUT2D eigenvalue weighted by atomic mass is 10.2. The molecule has 0 saturated carbocycles. The average Bonchev–Trinajstić information content (AvgIpc) is 3.25. The molecule has 0 aliphatic carbocycles. The van der Waals surface area contributed by atoms with Gasteiger partial charge >= 0.3 is 0 Å². The van der Waals surface area contributed by atoms with Crippen molar-refractivity contribution in [3.63, 3.8) is 0 Å². The van der Waals surface area contributed by atoms with Gasteiger partial charge in [0.1, 0.15) is 4.88 Å². The molecule has 0 atom stereocenters. The van der Waals surface area contributed by atoms with E-state index in [9.17, 15) is 4.79 Å². The van der Waals surface area contributed by atoms with Crippen LogP contribution < -0.4 is 4.90 Å². The van der Waals surface area contributed by atoms with Crippen LogP contribution in [0.1, 0.15) is 20.9 Å². The van der Waals surface area contributed by atoms with E-state index in [0.717, 1.165) is 27.3 Å². The fourth-order valence-electron chi connectivity index (χ4n) is 2.43. The number of aromatic nitrogens is 4. The summed E-state index contributed by atoms with van der Waals surface area (Å²) < 4.78 is 4.93. The molecule has 3 aromatic heterocycles. The number of para-hydroxylation sites is 1. The van der Waals surface area contributed by atoms with E-state index in [-0.39, 0.29) is 5.91 Å². The first-order valence-electron chi connectivity index (χ1n) is 7.57. The highest BCUT2D eigenvalue weighted by atomic mass is 32.1. The van der Waals surface area contributed by atoms with Crippen molar-refractivity contribution in [1.82, 2.24) is 19.6 Å². The maximum absolute atomic E-state index is 13.1. The molecule has 0 radical (unpaired) electrons. The molecule has 1 aromatic carbocycles. The van der Waals surface area contributed by atoms with E-state index < -0.39 is 0 Å². The number of hydrogen-bond donors (Lipinski definition) is 0. The molecule has 0 spiro atoms. The summed E-state index contributed by atoms with van der Waals surface area (Å²) in [6.07, 6.45) is 3.47. The molecule has 124 valence electrons. The second-order valence-corrected chi connectivity index (χ2v) is 7.17. The third-order valence-corrected chi connectivity index (χ3v) is 5.54. The van der Waals surface area contributed by atoms with E-state index in [2.05, 4.69) is 19.6 Å². The van der Waals surface area contributed by atoms with E-state index in [1.54, 1.807) is 24.2 Å². The number of anilines is 1. The smallest absolute Gasteiger partial charge is 0.274 e. The number of nitrogens with zero attached hydrogens (tertiary/aromatic N) is 5. The largest absolute Gasteiger partial charge is 0.279 e. The van der Waals surface area contributed by atoms with Gasteiger partial charge in [-0.2, -0.15) is 0 Å². The number of rotatable bonds is 4. The van der Waals surface area contributed by atoms with Crippen LogP contribution in [0, 0.1) is 6.92 Å². The Hall–Kier alpha value is -2.71. The summed E-state index contributed by atoms with van der Waals surface area (Å²) in [5.41, 5.74) is 2.45.